The highest BCUT2D eigenvalue weighted by atomic mass is 19.4. The summed E-state index contributed by atoms with van der Waals surface area (Å²) in [5.74, 6) is -1.07. The van der Waals surface area contributed by atoms with Crippen LogP contribution in [0.3, 0.4) is 0 Å². The lowest BCUT2D eigenvalue weighted by Gasteiger charge is -2.41. The molecule has 0 fully saturated rings. The molecule has 0 saturated carbocycles. The van der Waals surface area contributed by atoms with E-state index in [-0.39, 0.29) is 25.3 Å². The second-order valence-corrected chi connectivity index (χ2v) is 9.81. The fourth-order valence-electron chi connectivity index (χ4n) is 5.25. The molecule has 0 bridgehead atoms. The maximum absolute atomic E-state index is 13.7. The van der Waals surface area contributed by atoms with Gasteiger partial charge in [-0.1, -0.05) is 44.4 Å². The first-order valence-corrected chi connectivity index (χ1v) is 13.2. The number of ether oxygens (including phenoxy) is 1. The van der Waals surface area contributed by atoms with Gasteiger partial charge < -0.3 is 25.2 Å². The third-order valence-electron chi connectivity index (χ3n) is 7.21. The van der Waals surface area contributed by atoms with E-state index in [1.54, 1.807) is 24.3 Å². The predicted molar refractivity (Wildman–Crippen MR) is 138 cm³/mol. The molecule has 0 radical (unpaired) electrons. The average Bonchev–Trinajstić information content (AvgIpc) is 3.32. The molecule has 4 atom stereocenters. The van der Waals surface area contributed by atoms with Crippen molar-refractivity contribution in [3.05, 3.63) is 76.9 Å². The van der Waals surface area contributed by atoms with Gasteiger partial charge in [0.15, 0.2) is 0 Å². The number of benzene rings is 2. The molecule has 7 nitrogen and oxygen atoms in total. The minimum absolute atomic E-state index is 0.0223. The fourth-order valence-corrected chi connectivity index (χ4v) is 5.25. The van der Waals surface area contributed by atoms with Crippen LogP contribution in [0.1, 0.15) is 60.0 Å². The Balaban J connectivity index is 1.72. The van der Waals surface area contributed by atoms with Gasteiger partial charge in [-0.15, -0.1) is 0 Å². The summed E-state index contributed by atoms with van der Waals surface area (Å²) >= 11 is 0. The molecular formula is C29H33F3N2O5. The van der Waals surface area contributed by atoms with E-state index in [4.69, 9.17) is 4.74 Å². The Bertz CT molecular complexity index is 1200. The molecule has 2 aliphatic rings. The zero-order valence-corrected chi connectivity index (χ0v) is 21.7. The van der Waals surface area contributed by atoms with Gasteiger partial charge in [0, 0.05) is 29.8 Å². The summed E-state index contributed by atoms with van der Waals surface area (Å²) in [5, 5.41) is 23.4. The van der Waals surface area contributed by atoms with Crippen LogP contribution in [0.2, 0.25) is 0 Å². The Morgan fingerprint density at radius 1 is 1.05 bits per heavy atom. The maximum Gasteiger partial charge on any atom is 0.416 e. The molecule has 2 aromatic carbocycles. The molecule has 10 heteroatoms. The van der Waals surface area contributed by atoms with E-state index in [1.165, 1.54) is 4.90 Å². The number of unbranched alkanes of at least 4 members (excludes halogenated alkanes) is 3. The van der Waals surface area contributed by atoms with Crippen molar-refractivity contribution in [1.29, 1.82) is 0 Å². The van der Waals surface area contributed by atoms with Gasteiger partial charge in [0.25, 0.3) is 5.91 Å². The number of para-hydroxylation sites is 1. The van der Waals surface area contributed by atoms with Crippen LogP contribution in [-0.2, 0) is 11.0 Å². The Morgan fingerprint density at radius 2 is 1.77 bits per heavy atom. The highest BCUT2D eigenvalue weighted by Crippen LogP contribution is 2.47. The standard InChI is InChI=1S/C29H33F3N2O5/c1-2-3-4-7-15-34(28(38)18-10-12-19(13-11-18)29(30,31)32)22-17-21(27(37)33-14-16-35)24-20-8-5-6-9-23(20)39-26(24)25(22)36/h5-6,8-13,17,22,24-26,35-36H,2-4,7,14-16H2,1H3,(H,33,37). The van der Waals surface area contributed by atoms with Gasteiger partial charge in [-0.3, -0.25) is 9.59 Å². The third-order valence-corrected chi connectivity index (χ3v) is 7.21. The molecule has 0 spiro atoms. The molecule has 2 aromatic rings. The van der Waals surface area contributed by atoms with Crippen molar-refractivity contribution >= 4 is 11.8 Å². The Morgan fingerprint density at radius 3 is 2.44 bits per heavy atom. The maximum atomic E-state index is 13.7. The number of fused-ring (bicyclic) bond motifs is 3. The smallest absolute Gasteiger partial charge is 0.416 e. The van der Waals surface area contributed by atoms with Crippen LogP contribution in [0.15, 0.2) is 60.2 Å². The number of nitrogens with zero attached hydrogens (tertiary/aromatic N) is 1. The number of halogens is 3. The molecule has 4 rings (SSSR count). The number of hydrogen-bond acceptors (Lipinski definition) is 5. The Kier molecular flexibility index (Phi) is 8.97. The Hall–Kier alpha value is -3.37. The van der Waals surface area contributed by atoms with Crippen LogP contribution >= 0.6 is 0 Å². The monoisotopic (exact) mass is 546 g/mol. The third kappa shape index (κ3) is 6.12. The normalized spacial score (nSPS) is 21.8. The molecule has 0 saturated heterocycles. The van der Waals surface area contributed by atoms with Crippen molar-refractivity contribution in [1.82, 2.24) is 10.2 Å². The number of nitrogens with one attached hydrogen (secondary N) is 1. The van der Waals surface area contributed by atoms with E-state index in [2.05, 4.69) is 5.32 Å². The van der Waals surface area contributed by atoms with Crippen molar-refractivity contribution in [2.75, 3.05) is 19.7 Å². The van der Waals surface area contributed by atoms with E-state index in [9.17, 15) is 33.0 Å². The van der Waals surface area contributed by atoms with Gasteiger partial charge in [0.2, 0.25) is 5.91 Å². The van der Waals surface area contributed by atoms with Gasteiger partial charge in [-0.25, -0.2) is 0 Å². The lowest BCUT2D eigenvalue weighted by molar-refractivity contribution is -0.137. The van der Waals surface area contributed by atoms with Crippen LogP contribution in [0, 0.1) is 0 Å². The molecule has 0 aromatic heterocycles. The zero-order chi connectivity index (χ0) is 28.2. The number of amides is 2. The average molecular weight is 547 g/mol. The minimum atomic E-state index is -4.54. The van der Waals surface area contributed by atoms with Crippen LogP contribution < -0.4 is 10.1 Å². The van der Waals surface area contributed by atoms with Gasteiger partial charge in [-0.2, -0.15) is 13.2 Å². The second-order valence-electron chi connectivity index (χ2n) is 9.81. The summed E-state index contributed by atoms with van der Waals surface area (Å²) in [7, 11) is 0. The summed E-state index contributed by atoms with van der Waals surface area (Å²) in [6.07, 6.45) is -1.72. The second kappa shape index (κ2) is 12.2. The summed E-state index contributed by atoms with van der Waals surface area (Å²) in [6, 6.07) is 10.2. The molecule has 2 amide bonds. The highest BCUT2D eigenvalue weighted by Gasteiger charge is 2.50. The van der Waals surface area contributed by atoms with E-state index in [1.807, 2.05) is 13.0 Å². The largest absolute Gasteiger partial charge is 0.486 e. The zero-order valence-electron chi connectivity index (χ0n) is 21.7. The SMILES string of the molecule is CCCCCCN(C(=O)c1ccc(C(F)(F)F)cc1)C1C=C(C(=O)NCCO)C2c3ccccc3OC2C1O. The highest BCUT2D eigenvalue weighted by molar-refractivity contribution is 5.97. The van der Waals surface area contributed by atoms with Gasteiger partial charge in [0.05, 0.1) is 24.1 Å². The summed E-state index contributed by atoms with van der Waals surface area (Å²) in [4.78, 5) is 28.3. The first kappa shape index (κ1) is 28.6. The molecule has 1 aliphatic carbocycles. The fraction of sp³-hybridized carbons (Fsp3) is 0.448. The predicted octanol–water partition coefficient (Wildman–Crippen LogP) is 4.05. The quantitative estimate of drug-likeness (QED) is 0.391. The molecule has 210 valence electrons. The molecule has 1 heterocycles. The van der Waals surface area contributed by atoms with Crippen molar-refractivity contribution in [2.45, 2.75) is 63.0 Å². The van der Waals surface area contributed by atoms with E-state index >= 15 is 0 Å². The first-order valence-electron chi connectivity index (χ1n) is 13.2. The van der Waals surface area contributed by atoms with Crippen LogP contribution in [0.5, 0.6) is 5.75 Å². The van der Waals surface area contributed by atoms with Crippen molar-refractivity contribution in [3.8, 4) is 5.75 Å². The number of carbonyl (C=O) groups excluding carboxylic acids is 2. The lowest BCUT2D eigenvalue weighted by Crippen LogP contribution is -2.56. The van der Waals surface area contributed by atoms with Gasteiger partial charge >= 0.3 is 6.18 Å². The molecule has 3 N–H and O–H groups in total. The molecular weight excluding hydrogens is 513 g/mol. The summed E-state index contributed by atoms with van der Waals surface area (Å²) in [5.41, 5.74) is 0.207. The number of aliphatic hydroxyl groups is 2. The van der Waals surface area contributed by atoms with E-state index < -0.39 is 47.7 Å². The number of rotatable bonds is 10. The number of aliphatic hydroxyl groups excluding tert-OH is 2. The minimum Gasteiger partial charge on any atom is -0.486 e. The van der Waals surface area contributed by atoms with Gasteiger partial charge in [0.1, 0.15) is 18.0 Å². The van der Waals surface area contributed by atoms with Crippen LogP contribution in [-0.4, -0.2) is 64.9 Å². The van der Waals surface area contributed by atoms with E-state index in [0.29, 0.717) is 17.7 Å². The van der Waals surface area contributed by atoms with Crippen molar-refractivity contribution in [2.24, 2.45) is 0 Å². The molecule has 1 aliphatic heterocycles. The van der Waals surface area contributed by atoms with Crippen LogP contribution in [0.4, 0.5) is 13.2 Å². The topological polar surface area (TPSA) is 99.1 Å². The van der Waals surface area contributed by atoms with Gasteiger partial charge in [-0.05, 0) is 42.8 Å². The number of hydrogen-bond donors (Lipinski definition) is 3. The number of carbonyl (C=O) groups is 2. The number of alkyl halides is 3. The molecule has 4 unspecified atom stereocenters. The van der Waals surface area contributed by atoms with Crippen LogP contribution in [0.25, 0.3) is 0 Å². The van der Waals surface area contributed by atoms with Crippen molar-refractivity contribution in [3.63, 3.8) is 0 Å². The summed E-state index contributed by atoms with van der Waals surface area (Å²) < 4.78 is 45.4. The molecule has 39 heavy (non-hydrogen) atoms. The summed E-state index contributed by atoms with van der Waals surface area (Å²) in [6.45, 7) is 2.04. The Labute approximate surface area is 225 Å². The van der Waals surface area contributed by atoms with E-state index in [0.717, 1.165) is 49.1 Å². The lowest BCUT2D eigenvalue weighted by atomic mass is 9.77. The first-order chi connectivity index (χ1) is 18.7. The van der Waals surface area contributed by atoms with Crippen molar-refractivity contribution < 1.29 is 37.7 Å².